The van der Waals surface area contributed by atoms with Crippen molar-refractivity contribution in [2.75, 3.05) is 11.4 Å². The summed E-state index contributed by atoms with van der Waals surface area (Å²) in [4.78, 5) is 10.6. The predicted molar refractivity (Wildman–Crippen MR) is 75.8 cm³/mol. The van der Waals surface area contributed by atoms with E-state index in [2.05, 4.69) is 32.0 Å². The molecule has 0 radical (unpaired) electrons. The predicted octanol–water partition coefficient (Wildman–Crippen LogP) is 1.31. The second kappa shape index (κ2) is 4.64. The number of aromatic nitrogens is 1. The largest absolute Gasteiger partial charge is 0.321 e. The summed E-state index contributed by atoms with van der Waals surface area (Å²) in [5, 5.41) is 12.0. The van der Waals surface area contributed by atoms with Gasteiger partial charge in [-0.15, -0.1) is 0 Å². The monoisotopic (exact) mass is 254 g/mol. The fourth-order valence-corrected chi connectivity index (χ4v) is 2.34. The molecule has 0 amide bonds. The Kier molecular flexibility index (Phi) is 2.83. The number of hydrogen-bond donors (Lipinski definition) is 2. The molecule has 6 nitrogen and oxygen atoms in total. The van der Waals surface area contributed by atoms with Gasteiger partial charge in [0.25, 0.3) is 0 Å². The minimum atomic E-state index is 0.200. The van der Waals surface area contributed by atoms with Crippen LogP contribution in [0.2, 0.25) is 0 Å². The molecule has 0 spiro atoms. The molecule has 0 unspecified atom stereocenters. The highest BCUT2D eigenvalue weighted by Gasteiger charge is 2.30. The third-order valence-electron chi connectivity index (χ3n) is 3.15. The van der Waals surface area contributed by atoms with Crippen LogP contribution in [-0.2, 0) is 6.42 Å². The zero-order valence-corrected chi connectivity index (χ0v) is 10.4. The molecular formula is C13H14N6. The summed E-state index contributed by atoms with van der Waals surface area (Å²) < 4.78 is 0. The summed E-state index contributed by atoms with van der Waals surface area (Å²) >= 11 is 0. The number of fused-ring (bicyclic) bond motifs is 1. The Hall–Kier alpha value is -2.50. The molecular weight excluding hydrogens is 240 g/mol. The van der Waals surface area contributed by atoms with Crippen LogP contribution in [0.5, 0.6) is 0 Å². The molecule has 6 heteroatoms. The average molecular weight is 254 g/mol. The zero-order chi connectivity index (χ0) is 13.2. The van der Waals surface area contributed by atoms with E-state index < -0.39 is 0 Å². The highest BCUT2D eigenvalue weighted by molar-refractivity contribution is 6.71. The number of amidine groups is 2. The Balaban J connectivity index is 2.02. The molecule has 0 fully saturated rings. The van der Waals surface area contributed by atoms with Crippen LogP contribution < -0.4 is 10.3 Å². The van der Waals surface area contributed by atoms with Crippen molar-refractivity contribution in [2.24, 2.45) is 10.1 Å². The molecule has 0 atom stereocenters. The van der Waals surface area contributed by atoms with Crippen molar-refractivity contribution in [1.82, 2.24) is 10.4 Å². The van der Waals surface area contributed by atoms with Crippen LogP contribution in [0, 0.1) is 5.41 Å². The third-order valence-corrected chi connectivity index (χ3v) is 3.15. The molecule has 0 aliphatic carbocycles. The first-order valence-electron chi connectivity index (χ1n) is 6.14. The summed E-state index contributed by atoms with van der Waals surface area (Å²) in [6.07, 6.45) is 5.22. The van der Waals surface area contributed by atoms with E-state index in [-0.39, 0.29) is 5.84 Å². The van der Waals surface area contributed by atoms with Gasteiger partial charge in [0.2, 0.25) is 0 Å². The molecule has 3 rings (SSSR count). The van der Waals surface area contributed by atoms with Crippen LogP contribution in [0.15, 0.2) is 41.2 Å². The average Bonchev–Trinajstić information content (AvgIpc) is 2.80. The Labute approximate surface area is 111 Å². The van der Waals surface area contributed by atoms with Gasteiger partial charge in [0.15, 0.2) is 17.4 Å². The summed E-state index contributed by atoms with van der Waals surface area (Å²) in [7, 11) is 0. The summed E-state index contributed by atoms with van der Waals surface area (Å²) in [5.74, 6) is 0.866. The SMILES string of the molecule is C=C/N=C1\C(=N)NN=C1N1CCCc2ncccc21. The molecule has 0 bridgehead atoms. The van der Waals surface area contributed by atoms with E-state index in [0.717, 1.165) is 30.8 Å². The summed E-state index contributed by atoms with van der Waals surface area (Å²) in [5.41, 5.74) is 5.29. The second-order valence-electron chi connectivity index (χ2n) is 4.31. The number of anilines is 1. The number of nitrogens with zero attached hydrogens (tertiary/aromatic N) is 4. The minimum Gasteiger partial charge on any atom is -0.321 e. The van der Waals surface area contributed by atoms with Crippen molar-refractivity contribution in [2.45, 2.75) is 12.8 Å². The fraction of sp³-hybridized carbons (Fsp3) is 0.231. The van der Waals surface area contributed by atoms with Crippen LogP contribution in [0.1, 0.15) is 12.1 Å². The first-order valence-corrected chi connectivity index (χ1v) is 6.14. The minimum absolute atomic E-state index is 0.200. The Morgan fingerprint density at radius 1 is 1.53 bits per heavy atom. The van der Waals surface area contributed by atoms with E-state index in [0.29, 0.717) is 11.5 Å². The van der Waals surface area contributed by atoms with Crippen molar-refractivity contribution in [3.63, 3.8) is 0 Å². The molecule has 19 heavy (non-hydrogen) atoms. The maximum absolute atomic E-state index is 7.80. The van der Waals surface area contributed by atoms with Crippen LogP contribution >= 0.6 is 0 Å². The molecule has 2 aliphatic heterocycles. The van der Waals surface area contributed by atoms with E-state index in [1.54, 1.807) is 6.20 Å². The number of aryl methyl sites for hydroxylation is 1. The number of aliphatic imine (C=N–C) groups is 1. The standard InChI is InChI=1S/C13H14N6/c1-2-15-11-12(14)17-18-13(11)19-8-4-5-9-10(19)6-3-7-16-9/h2-3,6-7H,1,4-5,8H2,(H2,14,15,17). The van der Waals surface area contributed by atoms with Crippen molar-refractivity contribution < 1.29 is 0 Å². The Morgan fingerprint density at radius 2 is 2.42 bits per heavy atom. The van der Waals surface area contributed by atoms with E-state index in [4.69, 9.17) is 5.41 Å². The third kappa shape index (κ3) is 1.91. The molecule has 1 aromatic heterocycles. The lowest BCUT2D eigenvalue weighted by molar-refractivity contribution is 0.755. The highest BCUT2D eigenvalue weighted by atomic mass is 15.4. The smallest absolute Gasteiger partial charge is 0.183 e. The molecule has 2 aliphatic rings. The van der Waals surface area contributed by atoms with Crippen LogP contribution in [0.25, 0.3) is 0 Å². The van der Waals surface area contributed by atoms with Gasteiger partial charge in [-0.05, 0) is 25.0 Å². The zero-order valence-electron chi connectivity index (χ0n) is 10.4. The van der Waals surface area contributed by atoms with Crippen LogP contribution in [-0.4, -0.2) is 28.9 Å². The fourth-order valence-electron chi connectivity index (χ4n) is 2.34. The van der Waals surface area contributed by atoms with Gasteiger partial charge in [-0.3, -0.25) is 15.8 Å². The summed E-state index contributed by atoms with van der Waals surface area (Å²) in [6.45, 7) is 4.43. The van der Waals surface area contributed by atoms with Gasteiger partial charge in [-0.1, -0.05) is 6.58 Å². The lowest BCUT2D eigenvalue weighted by atomic mass is 10.1. The van der Waals surface area contributed by atoms with Gasteiger partial charge < -0.3 is 4.90 Å². The summed E-state index contributed by atoms with van der Waals surface area (Å²) in [6, 6.07) is 3.94. The number of rotatable bonds is 1. The van der Waals surface area contributed by atoms with Crippen LogP contribution in [0.4, 0.5) is 5.69 Å². The number of hydrogen-bond acceptors (Lipinski definition) is 5. The highest BCUT2D eigenvalue weighted by Crippen LogP contribution is 2.26. The maximum Gasteiger partial charge on any atom is 0.183 e. The normalized spacial score (nSPS) is 20.0. The van der Waals surface area contributed by atoms with Crippen molar-refractivity contribution in [3.05, 3.63) is 36.8 Å². The lowest BCUT2D eigenvalue weighted by Crippen LogP contribution is -2.40. The Morgan fingerprint density at radius 3 is 3.26 bits per heavy atom. The van der Waals surface area contributed by atoms with E-state index in [1.165, 1.54) is 6.20 Å². The van der Waals surface area contributed by atoms with E-state index in [9.17, 15) is 0 Å². The lowest BCUT2D eigenvalue weighted by Gasteiger charge is -2.29. The van der Waals surface area contributed by atoms with Gasteiger partial charge in [-0.2, -0.15) is 5.10 Å². The quantitative estimate of drug-likeness (QED) is 0.793. The molecule has 3 heterocycles. The maximum atomic E-state index is 7.80. The number of pyridine rings is 1. The molecule has 96 valence electrons. The molecule has 2 N–H and O–H groups in total. The van der Waals surface area contributed by atoms with E-state index >= 15 is 0 Å². The van der Waals surface area contributed by atoms with Gasteiger partial charge >= 0.3 is 0 Å². The number of hydrazone groups is 1. The van der Waals surface area contributed by atoms with Crippen molar-refractivity contribution in [1.29, 1.82) is 5.41 Å². The molecule has 0 aromatic carbocycles. The number of nitrogens with one attached hydrogen (secondary N) is 2. The van der Waals surface area contributed by atoms with Gasteiger partial charge in [0, 0.05) is 18.9 Å². The molecule has 1 aromatic rings. The van der Waals surface area contributed by atoms with Crippen molar-refractivity contribution in [3.8, 4) is 0 Å². The second-order valence-corrected chi connectivity index (χ2v) is 4.31. The van der Waals surface area contributed by atoms with Crippen molar-refractivity contribution >= 4 is 23.1 Å². The van der Waals surface area contributed by atoms with Gasteiger partial charge in [0.1, 0.15) is 0 Å². The first kappa shape index (κ1) is 11.6. The molecule has 0 saturated heterocycles. The van der Waals surface area contributed by atoms with Gasteiger partial charge in [0.05, 0.1) is 11.4 Å². The first-order chi connectivity index (χ1) is 9.31. The van der Waals surface area contributed by atoms with Crippen LogP contribution in [0.3, 0.4) is 0 Å². The topological polar surface area (TPSA) is 76.7 Å². The van der Waals surface area contributed by atoms with E-state index in [1.807, 2.05) is 12.1 Å². The molecule has 0 saturated carbocycles. The van der Waals surface area contributed by atoms with Gasteiger partial charge in [-0.25, -0.2) is 4.99 Å². The Bertz CT molecular complexity index is 601.